The highest BCUT2D eigenvalue weighted by molar-refractivity contribution is 7.89. The zero-order valence-electron chi connectivity index (χ0n) is 22.6. The predicted molar refractivity (Wildman–Crippen MR) is 151 cm³/mol. The molecule has 9 heteroatoms. The fourth-order valence-corrected chi connectivity index (χ4v) is 6.55. The summed E-state index contributed by atoms with van der Waals surface area (Å²) < 4.78 is 34.1. The highest BCUT2D eigenvalue weighted by Crippen LogP contribution is 2.42. The van der Waals surface area contributed by atoms with Gasteiger partial charge in [0, 0.05) is 61.1 Å². The minimum atomic E-state index is -3.86. The molecule has 6 rings (SSSR count). The number of carbonyl (C=O) groups excluding carboxylic acids is 1. The van der Waals surface area contributed by atoms with Gasteiger partial charge in [0.25, 0.3) is 0 Å². The molecule has 1 spiro atoms. The summed E-state index contributed by atoms with van der Waals surface area (Å²) in [7, 11) is -2.38. The Hall–Kier alpha value is -2.88. The average molecular weight is 539 g/mol. The first-order valence-corrected chi connectivity index (χ1v) is 15.1. The fourth-order valence-electron chi connectivity index (χ4n) is 5.40. The molecule has 2 aromatic carbocycles. The van der Waals surface area contributed by atoms with Crippen LogP contribution in [0.5, 0.6) is 0 Å². The lowest BCUT2D eigenvalue weighted by Gasteiger charge is -2.34. The van der Waals surface area contributed by atoms with Crippen LogP contribution in [-0.4, -0.2) is 80.5 Å². The first-order chi connectivity index (χ1) is 18.3. The van der Waals surface area contributed by atoms with E-state index in [4.69, 9.17) is 4.74 Å². The molecule has 1 saturated carbocycles. The molecule has 1 aromatic heterocycles. The molecule has 1 N–H and O–H groups in total. The van der Waals surface area contributed by atoms with Crippen LogP contribution < -0.4 is 4.90 Å². The van der Waals surface area contributed by atoms with Crippen LogP contribution in [0.15, 0.2) is 53.4 Å². The molecule has 0 unspecified atom stereocenters. The van der Waals surface area contributed by atoms with Gasteiger partial charge in [0.2, 0.25) is 15.9 Å². The molecule has 1 aliphatic carbocycles. The third-order valence-corrected chi connectivity index (χ3v) is 9.51. The summed E-state index contributed by atoms with van der Waals surface area (Å²) in [5.41, 5.74) is 3.59. The molecule has 0 atom stereocenters. The van der Waals surface area contributed by atoms with Crippen molar-refractivity contribution in [2.75, 3.05) is 51.3 Å². The van der Waals surface area contributed by atoms with E-state index < -0.39 is 10.0 Å². The van der Waals surface area contributed by atoms with Crippen molar-refractivity contribution in [2.45, 2.75) is 50.0 Å². The van der Waals surface area contributed by atoms with E-state index in [9.17, 15) is 13.2 Å². The van der Waals surface area contributed by atoms with Crippen molar-refractivity contribution in [3.8, 4) is 11.3 Å². The summed E-state index contributed by atoms with van der Waals surface area (Å²) in [5.74, 6) is -0.180. The minimum Gasteiger partial charge on any atom is -0.371 e. The molecule has 1 amide bonds. The van der Waals surface area contributed by atoms with E-state index >= 15 is 0 Å². The maximum Gasteiger partial charge on any atom is 0.243 e. The number of para-hydroxylation sites is 1. The van der Waals surface area contributed by atoms with Gasteiger partial charge in [-0.15, -0.1) is 0 Å². The van der Waals surface area contributed by atoms with Crippen LogP contribution in [0.3, 0.4) is 0 Å². The molecular weight excluding hydrogens is 500 g/mol. The number of ether oxygens (including phenoxy) is 1. The first-order valence-electron chi connectivity index (χ1n) is 13.7. The number of carbonyl (C=O) groups is 1. The highest BCUT2D eigenvalue weighted by Gasteiger charge is 2.48. The number of fused-ring (bicyclic) bond motifs is 1. The summed E-state index contributed by atoms with van der Waals surface area (Å²) in [4.78, 5) is 20.7. The summed E-state index contributed by atoms with van der Waals surface area (Å²) in [5, 5.41) is 1.08. The first kappa shape index (κ1) is 26.7. The number of H-pyrrole nitrogens is 1. The predicted octanol–water partition coefficient (Wildman–Crippen LogP) is 4.47. The molecular formula is C29H38N4O4S. The highest BCUT2D eigenvalue weighted by atomic mass is 32.2. The molecule has 3 aliphatic rings. The second kappa shape index (κ2) is 10.7. The van der Waals surface area contributed by atoms with E-state index in [-0.39, 0.29) is 22.9 Å². The van der Waals surface area contributed by atoms with Crippen molar-refractivity contribution < 1.29 is 17.9 Å². The summed E-state index contributed by atoms with van der Waals surface area (Å²) in [6, 6.07) is 15.4. The smallest absolute Gasteiger partial charge is 0.243 e. The molecule has 38 heavy (non-hydrogen) atoms. The van der Waals surface area contributed by atoms with Gasteiger partial charge in [-0.2, -0.15) is 4.31 Å². The lowest BCUT2D eigenvalue weighted by atomic mass is 10.1. The minimum absolute atomic E-state index is 0.180. The van der Waals surface area contributed by atoms with Crippen LogP contribution in [0.2, 0.25) is 0 Å². The molecule has 3 heterocycles. The van der Waals surface area contributed by atoms with Gasteiger partial charge in [0.15, 0.2) is 0 Å². The maximum absolute atomic E-state index is 13.6. The second-order valence-electron chi connectivity index (χ2n) is 10.3. The van der Waals surface area contributed by atoms with Crippen LogP contribution in [-0.2, 0) is 19.6 Å². The Balaban J connectivity index is 0.00000144. The normalized spacial score (nSPS) is 18.6. The molecule has 8 nitrogen and oxygen atoms in total. The number of anilines is 1. The van der Waals surface area contributed by atoms with Gasteiger partial charge < -0.3 is 19.5 Å². The van der Waals surface area contributed by atoms with Crippen molar-refractivity contribution in [3.63, 3.8) is 0 Å². The van der Waals surface area contributed by atoms with Gasteiger partial charge in [-0.25, -0.2) is 8.42 Å². The molecule has 2 saturated heterocycles. The molecule has 3 aromatic rings. The number of aromatic amines is 1. The second-order valence-corrected chi connectivity index (χ2v) is 12.3. The Labute approximate surface area is 225 Å². The topological polar surface area (TPSA) is 85.9 Å². The van der Waals surface area contributed by atoms with Crippen molar-refractivity contribution in [2.24, 2.45) is 0 Å². The van der Waals surface area contributed by atoms with Crippen LogP contribution in [0.4, 0.5) is 5.69 Å². The molecule has 204 valence electrons. The summed E-state index contributed by atoms with van der Waals surface area (Å²) in [6.07, 6.45) is 4.18. The van der Waals surface area contributed by atoms with Crippen molar-refractivity contribution >= 4 is 32.5 Å². The van der Waals surface area contributed by atoms with Gasteiger partial charge in [-0.05, 0) is 56.0 Å². The number of benzene rings is 2. The Morgan fingerprint density at radius 2 is 1.79 bits per heavy atom. The zero-order valence-corrected chi connectivity index (χ0v) is 23.4. The van der Waals surface area contributed by atoms with E-state index in [1.54, 1.807) is 17.0 Å². The number of morpholine rings is 1. The third kappa shape index (κ3) is 5.19. The van der Waals surface area contributed by atoms with Crippen molar-refractivity contribution in [3.05, 3.63) is 48.5 Å². The van der Waals surface area contributed by atoms with Crippen molar-refractivity contribution in [1.29, 1.82) is 0 Å². The molecule has 3 fully saturated rings. The number of likely N-dealkylation sites (N-methyl/N-ethyl adjacent to an activating group) is 1. The third-order valence-electron chi connectivity index (χ3n) is 7.71. The number of hydrogen-bond acceptors (Lipinski definition) is 5. The summed E-state index contributed by atoms with van der Waals surface area (Å²) >= 11 is 0. The fraction of sp³-hybridized carbons (Fsp3) is 0.483. The Kier molecular flexibility index (Phi) is 7.53. The number of amides is 1. The SMILES string of the molecule is CC.CN(CC(=O)N1CCOC2(CC2)C1)S(=O)(=O)c1ccc(N2CCCC2)c(-c2cc3ccccc3[nH]2)c1. The van der Waals surface area contributed by atoms with Crippen LogP contribution in [0.1, 0.15) is 39.5 Å². The van der Waals surface area contributed by atoms with Crippen LogP contribution in [0, 0.1) is 0 Å². The number of sulfonamides is 1. The van der Waals surface area contributed by atoms with Crippen LogP contribution >= 0.6 is 0 Å². The monoisotopic (exact) mass is 538 g/mol. The quantitative estimate of drug-likeness (QED) is 0.500. The Bertz CT molecular complexity index is 1370. The van der Waals surface area contributed by atoms with E-state index in [0.717, 1.165) is 66.6 Å². The van der Waals surface area contributed by atoms with E-state index in [0.29, 0.717) is 19.7 Å². The molecule has 0 bridgehead atoms. The maximum atomic E-state index is 13.6. The van der Waals surface area contributed by atoms with Gasteiger partial charge in [-0.1, -0.05) is 32.0 Å². The van der Waals surface area contributed by atoms with Gasteiger partial charge in [-0.3, -0.25) is 4.79 Å². The number of aromatic nitrogens is 1. The lowest BCUT2D eigenvalue weighted by molar-refractivity contribution is -0.140. The zero-order chi connectivity index (χ0) is 26.9. The molecule has 0 radical (unpaired) electrons. The van der Waals surface area contributed by atoms with Gasteiger partial charge in [0.05, 0.1) is 23.6 Å². The number of nitrogens with zero attached hydrogens (tertiary/aromatic N) is 3. The number of hydrogen-bond donors (Lipinski definition) is 1. The lowest BCUT2D eigenvalue weighted by Crippen LogP contribution is -2.50. The van der Waals surface area contributed by atoms with E-state index in [2.05, 4.69) is 16.0 Å². The number of nitrogens with one attached hydrogen (secondary N) is 1. The standard InChI is InChI=1S/C27H32N4O4S.C2H6/c1-29(18-26(32)31-14-15-35-27(19-31)10-11-27)36(33,34)21-8-9-25(30-12-4-5-13-30)22(17-21)24-16-20-6-2-3-7-23(20)28-24;1-2/h2-3,6-9,16-17,28H,4-5,10-15,18-19H2,1H3;1-2H3. The van der Waals surface area contributed by atoms with Crippen molar-refractivity contribution in [1.82, 2.24) is 14.2 Å². The average Bonchev–Trinajstić information content (AvgIpc) is 3.32. The van der Waals surface area contributed by atoms with E-state index in [1.807, 2.05) is 44.2 Å². The Morgan fingerprint density at radius 1 is 1.05 bits per heavy atom. The van der Waals surface area contributed by atoms with E-state index in [1.165, 1.54) is 11.4 Å². The number of rotatable bonds is 6. The Morgan fingerprint density at radius 3 is 2.50 bits per heavy atom. The largest absolute Gasteiger partial charge is 0.371 e. The summed E-state index contributed by atoms with van der Waals surface area (Å²) in [6.45, 7) is 7.28. The van der Waals surface area contributed by atoms with Gasteiger partial charge in [0.1, 0.15) is 0 Å². The molecule has 2 aliphatic heterocycles. The van der Waals surface area contributed by atoms with Gasteiger partial charge >= 0.3 is 0 Å². The van der Waals surface area contributed by atoms with Crippen LogP contribution in [0.25, 0.3) is 22.2 Å².